The fourth-order valence-corrected chi connectivity index (χ4v) is 4.39. The molecule has 0 amide bonds. The first-order chi connectivity index (χ1) is 10.6. The molecule has 0 aromatic heterocycles. The lowest BCUT2D eigenvalue weighted by Gasteiger charge is -2.49. The van der Waals surface area contributed by atoms with Gasteiger partial charge in [-0.25, -0.2) is 13.8 Å². The predicted molar refractivity (Wildman–Crippen MR) is 88.8 cm³/mol. The largest absolute Gasteiger partial charge is 0.477 e. The molecule has 0 spiro atoms. The summed E-state index contributed by atoms with van der Waals surface area (Å²) in [5.41, 5.74) is -0.982. The maximum atomic E-state index is 14.4. The molecule has 3 rings (SSSR count). The highest BCUT2D eigenvalue weighted by molar-refractivity contribution is 14.1. The standard InChI is InChI=1S/C16H18F2INO2/c1-10-20-16(9-17,11-4-2-3-5-12(11)18)15-13(22-10)6-7-21-14(15)8-19/h2-5,13-15H,6-9H2,1H3/t13-,14+,15-,16-/m1/s1. The third-order valence-corrected chi connectivity index (χ3v) is 5.33. The van der Waals surface area contributed by atoms with E-state index in [2.05, 4.69) is 27.6 Å². The SMILES string of the molecule is CC1=N[C@](CF)(c2ccccc2F)[C@H]2[C@H](CI)OCC[C@H]2O1. The van der Waals surface area contributed by atoms with Gasteiger partial charge in [0.05, 0.1) is 18.6 Å². The number of halogens is 3. The Morgan fingerprint density at radius 1 is 1.41 bits per heavy atom. The summed E-state index contributed by atoms with van der Waals surface area (Å²) in [6, 6.07) is 6.29. The van der Waals surface area contributed by atoms with Crippen LogP contribution in [0.15, 0.2) is 29.3 Å². The first kappa shape index (κ1) is 16.1. The highest BCUT2D eigenvalue weighted by Gasteiger charge is 2.54. The van der Waals surface area contributed by atoms with Crippen LogP contribution < -0.4 is 0 Å². The number of nitrogens with zero attached hydrogens (tertiary/aromatic N) is 1. The number of alkyl halides is 2. The van der Waals surface area contributed by atoms with E-state index in [1.54, 1.807) is 25.1 Å². The number of benzene rings is 1. The molecular weight excluding hydrogens is 403 g/mol. The second-order valence-electron chi connectivity index (χ2n) is 5.70. The van der Waals surface area contributed by atoms with Crippen molar-refractivity contribution in [2.24, 2.45) is 10.9 Å². The molecule has 0 saturated carbocycles. The molecule has 1 aromatic rings. The summed E-state index contributed by atoms with van der Waals surface area (Å²) >= 11 is 2.22. The van der Waals surface area contributed by atoms with E-state index in [-0.39, 0.29) is 23.7 Å². The highest BCUT2D eigenvalue weighted by atomic mass is 127. The number of ether oxygens (including phenoxy) is 2. The second kappa shape index (κ2) is 6.39. The first-order valence-corrected chi connectivity index (χ1v) is 8.86. The van der Waals surface area contributed by atoms with Gasteiger partial charge in [-0.05, 0) is 6.07 Å². The Labute approximate surface area is 142 Å². The van der Waals surface area contributed by atoms with Crippen LogP contribution in [0.4, 0.5) is 8.78 Å². The summed E-state index contributed by atoms with van der Waals surface area (Å²) in [6.07, 6.45) is 0.272. The molecule has 2 aliphatic heterocycles. The Hall–Kier alpha value is -0.760. The van der Waals surface area contributed by atoms with Crippen LogP contribution in [0.2, 0.25) is 0 Å². The van der Waals surface area contributed by atoms with Crippen molar-refractivity contribution in [3.05, 3.63) is 35.6 Å². The summed E-state index contributed by atoms with van der Waals surface area (Å²) < 4.78 is 41.0. The summed E-state index contributed by atoms with van der Waals surface area (Å²) in [6.45, 7) is 1.50. The van der Waals surface area contributed by atoms with Crippen LogP contribution in [0.3, 0.4) is 0 Å². The van der Waals surface area contributed by atoms with Crippen LogP contribution in [0.5, 0.6) is 0 Å². The summed E-state index contributed by atoms with van der Waals surface area (Å²) in [4.78, 5) is 4.44. The van der Waals surface area contributed by atoms with E-state index in [9.17, 15) is 8.78 Å². The minimum atomic E-state index is -1.27. The molecule has 2 aliphatic rings. The van der Waals surface area contributed by atoms with E-state index in [0.29, 0.717) is 23.4 Å². The topological polar surface area (TPSA) is 30.8 Å². The van der Waals surface area contributed by atoms with E-state index >= 15 is 0 Å². The van der Waals surface area contributed by atoms with Crippen LogP contribution in [-0.2, 0) is 15.0 Å². The fourth-order valence-electron chi connectivity index (χ4n) is 3.59. The molecular formula is C16H18F2INO2. The molecule has 1 saturated heterocycles. The van der Waals surface area contributed by atoms with Crippen molar-refractivity contribution in [1.29, 1.82) is 0 Å². The smallest absolute Gasteiger partial charge is 0.181 e. The van der Waals surface area contributed by atoms with E-state index in [1.165, 1.54) is 6.07 Å². The molecule has 0 aliphatic carbocycles. The number of hydrogen-bond donors (Lipinski definition) is 0. The number of hydrogen-bond acceptors (Lipinski definition) is 3. The van der Waals surface area contributed by atoms with Gasteiger partial charge in [0, 0.05) is 23.3 Å². The Balaban J connectivity index is 2.17. The number of rotatable bonds is 3. The maximum absolute atomic E-state index is 14.4. The van der Waals surface area contributed by atoms with Crippen molar-refractivity contribution < 1.29 is 18.3 Å². The average Bonchev–Trinajstić information content (AvgIpc) is 2.53. The van der Waals surface area contributed by atoms with Gasteiger partial charge >= 0.3 is 0 Å². The zero-order valence-electron chi connectivity index (χ0n) is 12.3. The molecule has 4 atom stereocenters. The van der Waals surface area contributed by atoms with E-state index in [0.717, 1.165) is 0 Å². The zero-order valence-corrected chi connectivity index (χ0v) is 14.4. The van der Waals surface area contributed by atoms with Crippen molar-refractivity contribution in [2.45, 2.75) is 31.1 Å². The predicted octanol–water partition coefficient (Wildman–Crippen LogP) is 3.65. The first-order valence-electron chi connectivity index (χ1n) is 7.34. The fraction of sp³-hybridized carbons (Fsp3) is 0.562. The molecule has 0 bridgehead atoms. The molecule has 0 N–H and O–H groups in total. The minimum Gasteiger partial charge on any atom is -0.477 e. The van der Waals surface area contributed by atoms with Gasteiger partial charge in [0.15, 0.2) is 5.90 Å². The molecule has 3 nitrogen and oxygen atoms in total. The van der Waals surface area contributed by atoms with Gasteiger partial charge in [-0.3, -0.25) is 0 Å². The monoisotopic (exact) mass is 421 g/mol. The lowest BCUT2D eigenvalue weighted by atomic mass is 9.71. The van der Waals surface area contributed by atoms with E-state index in [4.69, 9.17) is 9.47 Å². The van der Waals surface area contributed by atoms with Gasteiger partial charge in [-0.2, -0.15) is 0 Å². The third kappa shape index (κ3) is 2.54. The zero-order chi connectivity index (χ0) is 15.7. The Kier molecular flexibility index (Phi) is 4.68. The molecule has 1 aromatic carbocycles. The van der Waals surface area contributed by atoms with Crippen molar-refractivity contribution in [1.82, 2.24) is 0 Å². The molecule has 1 fully saturated rings. The van der Waals surface area contributed by atoms with Gasteiger partial charge < -0.3 is 9.47 Å². The van der Waals surface area contributed by atoms with Crippen molar-refractivity contribution >= 4 is 28.5 Å². The Bertz CT molecular complexity index is 583. The van der Waals surface area contributed by atoms with Crippen molar-refractivity contribution in [3.63, 3.8) is 0 Å². The lowest BCUT2D eigenvalue weighted by molar-refractivity contribution is -0.117. The van der Waals surface area contributed by atoms with Crippen molar-refractivity contribution in [3.8, 4) is 0 Å². The summed E-state index contributed by atoms with van der Waals surface area (Å²) in [5.74, 6) is -0.352. The number of aliphatic imine (C=N–C) groups is 1. The number of fused-ring (bicyclic) bond motifs is 1. The summed E-state index contributed by atoms with van der Waals surface area (Å²) in [5, 5.41) is 0. The van der Waals surface area contributed by atoms with Gasteiger partial charge in [0.1, 0.15) is 24.1 Å². The molecule has 0 radical (unpaired) electrons. The van der Waals surface area contributed by atoms with Crippen LogP contribution in [-0.4, -0.2) is 35.8 Å². The van der Waals surface area contributed by atoms with Gasteiger partial charge in [0.25, 0.3) is 0 Å². The maximum Gasteiger partial charge on any atom is 0.181 e. The van der Waals surface area contributed by atoms with Crippen LogP contribution in [0.1, 0.15) is 18.9 Å². The van der Waals surface area contributed by atoms with Crippen molar-refractivity contribution in [2.75, 3.05) is 17.7 Å². The molecule has 6 heteroatoms. The molecule has 22 heavy (non-hydrogen) atoms. The highest BCUT2D eigenvalue weighted by Crippen LogP contribution is 2.47. The lowest BCUT2D eigenvalue weighted by Crippen LogP contribution is -2.57. The molecule has 0 unspecified atom stereocenters. The van der Waals surface area contributed by atoms with Gasteiger partial charge in [-0.1, -0.05) is 40.8 Å². The second-order valence-corrected chi connectivity index (χ2v) is 6.58. The van der Waals surface area contributed by atoms with E-state index in [1.807, 2.05) is 0 Å². The summed E-state index contributed by atoms with van der Waals surface area (Å²) in [7, 11) is 0. The van der Waals surface area contributed by atoms with Crippen LogP contribution in [0, 0.1) is 11.7 Å². The molecule has 2 heterocycles. The quantitative estimate of drug-likeness (QED) is 0.551. The van der Waals surface area contributed by atoms with Crippen LogP contribution >= 0.6 is 22.6 Å². The van der Waals surface area contributed by atoms with E-state index < -0.39 is 18.0 Å². The minimum absolute atomic E-state index is 0.193. The molecule has 120 valence electrons. The van der Waals surface area contributed by atoms with Crippen LogP contribution in [0.25, 0.3) is 0 Å². The Morgan fingerprint density at radius 3 is 2.86 bits per heavy atom. The van der Waals surface area contributed by atoms with Gasteiger partial charge in [-0.15, -0.1) is 0 Å². The Morgan fingerprint density at radius 2 is 2.18 bits per heavy atom. The average molecular weight is 421 g/mol. The normalized spacial score (nSPS) is 34.5. The third-order valence-electron chi connectivity index (χ3n) is 4.46. The van der Waals surface area contributed by atoms with Gasteiger partial charge in [0.2, 0.25) is 0 Å².